The van der Waals surface area contributed by atoms with Gasteiger partial charge in [-0.05, 0) is 0 Å². The predicted molar refractivity (Wildman–Crippen MR) is 62.0 cm³/mol. The maximum atomic E-state index is 13.3. The van der Waals surface area contributed by atoms with Gasteiger partial charge in [0.2, 0.25) is 6.17 Å². The summed E-state index contributed by atoms with van der Waals surface area (Å²) >= 11 is 0. The molecule has 2 atom stereocenters. The quantitative estimate of drug-likeness (QED) is 0.302. The molecule has 32 heavy (non-hydrogen) atoms. The monoisotopic (exact) mass is 546 g/mol. The first-order chi connectivity index (χ1) is 13.5. The molecule has 0 spiro atoms. The molecule has 0 saturated carbocycles. The van der Waals surface area contributed by atoms with Crippen molar-refractivity contribution in [1.29, 1.82) is 0 Å². The van der Waals surface area contributed by atoms with Gasteiger partial charge in [0.05, 0.1) is 0 Å². The van der Waals surface area contributed by atoms with Crippen LogP contribution in [0.15, 0.2) is 0 Å². The van der Waals surface area contributed by atoms with E-state index in [4.69, 9.17) is 4.55 Å². The second-order valence-electron chi connectivity index (χ2n) is 5.69. The Morgan fingerprint density at radius 2 is 0.750 bits per heavy atom. The first-order valence-electron chi connectivity index (χ1n) is 6.68. The van der Waals surface area contributed by atoms with Gasteiger partial charge in [-0.1, -0.05) is 0 Å². The maximum absolute atomic E-state index is 13.3. The Morgan fingerprint density at radius 1 is 0.500 bits per heavy atom. The molecule has 0 aliphatic carbocycles. The molecule has 0 aromatic heterocycles. The van der Waals surface area contributed by atoms with Crippen LogP contribution < -0.4 is 0 Å². The zero-order chi connectivity index (χ0) is 26.7. The molecule has 0 aromatic carbocycles. The van der Waals surface area contributed by atoms with Crippen molar-refractivity contribution in [2.24, 2.45) is 0 Å². The van der Waals surface area contributed by atoms with Crippen LogP contribution in [0, 0.1) is 0 Å². The molecule has 0 aliphatic rings. The topological polar surface area (TPSA) is 54.4 Å². The molecule has 0 amide bonds. The average Bonchev–Trinajstić information content (AvgIpc) is 2.58. The van der Waals surface area contributed by atoms with Crippen molar-refractivity contribution in [3.05, 3.63) is 0 Å². The van der Waals surface area contributed by atoms with Gasteiger partial charge in [0.1, 0.15) is 0 Å². The Hall–Kier alpha value is -1.35. The molecule has 0 saturated heterocycles. The summed E-state index contributed by atoms with van der Waals surface area (Å²) in [7, 11) is -7.22. The number of hydrogen-bond donors (Lipinski definition) is 1. The standard InChI is InChI=1S/C10H4F18O3S/c11-1(2(12)13)4(15,16)6(19,20)8(23,24)10(27,28)9(25,26)7(21,22)5(17,18)3(14)32(29,30)31/h1-3H,(H,29,30,31). The highest BCUT2D eigenvalue weighted by atomic mass is 32.2. The summed E-state index contributed by atoms with van der Waals surface area (Å²) in [6.07, 6.45) is -11.2. The third-order valence-corrected chi connectivity index (χ3v) is 4.35. The number of hydrogen-bond acceptors (Lipinski definition) is 2. The van der Waals surface area contributed by atoms with E-state index >= 15 is 0 Å². The lowest BCUT2D eigenvalue weighted by atomic mass is 9.88. The molecule has 0 bridgehead atoms. The van der Waals surface area contributed by atoms with Crippen molar-refractivity contribution in [1.82, 2.24) is 0 Å². The largest absolute Gasteiger partial charge is 0.384 e. The van der Waals surface area contributed by atoms with Crippen LogP contribution in [0.1, 0.15) is 0 Å². The molecule has 2 unspecified atom stereocenters. The zero-order valence-electron chi connectivity index (χ0n) is 13.7. The smallest absolute Gasteiger partial charge is 0.283 e. The maximum Gasteiger partial charge on any atom is 0.384 e. The molecule has 0 radical (unpaired) electrons. The van der Waals surface area contributed by atoms with Crippen LogP contribution in [-0.2, 0) is 10.1 Å². The van der Waals surface area contributed by atoms with Gasteiger partial charge in [0, 0.05) is 0 Å². The van der Waals surface area contributed by atoms with E-state index in [1.807, 2.05) is 0 Å². The molecule has 0 fully saturated rings. The molecule has 194 valence electrons. The lowest BCUT2D eigenvalue weighted by molar-refractivity contribution is -0.446. The van der Waals surface area contributed by atoms with Crippen LogP contribution in [0.25, 0.3) is 0 Å². The predicted octanol–water partition coefficient (Wildman–Crippen LogP) is 5.22. The van der Waals surface area contributed by atoms with Gasteiger partial charge >= 0.3 is 51.6 Å². The summed E-state index contributed by atoms with van der Waals surface area (Å²) in [4.78, 5) is 0. The first kappa shape index (κ1) is 30.6. The van der Waals surface area contributed by atoms with Gasteiger partial charge < -0.3 is 0 Å². The van der Waals surface area contributed by atoms with E-state index < -0.39 is 69.7 Å². The van der Waals surface area contributed by atoms with E-state index in [1.54, 1.807) is 0 Å². The average molecular weight is 546 g/mol. The van der Waals surface area contributed by atoms with Gasteiger partial charge in [-0.3, -0.25) is 4.55 Å². The van der Waals surface area contributed by atoms with Crippen LogP contribution in [0.2, 0.25) is 0 Å². The van der Waals surface area contributed by atoms with Crippen molar-refractivity contribution in [2.45, 2.75) is 59.6 Å². The van der Waals surface area contributed by atoms with Crippen LogP contribution in [0.5, 0.6) is 0 Å². The first-order valence-corrected chi connectivity index (χ1v) is 8.18. The Bertz CT molecular complexity index is 789. The summed E-state index contributed by atoms with van der Waals surface area (Å²) in [5.41, 5.74) is -6.00. The fourth-order valence-corrected chi connectivity index (χ4v) is 2.19. The third kappa shape index (κ3) is 3.93. The van der Waals surface area contributed by atoms with E-state index in [0.29, 0.717) is 0 Å². The summed E-state index contributed by atoms with van der Waals surface area (Å²) < 4.78 is 261. The summed E-state index contributed by atoms with van der Waals surface area (Å²) in [5, 5.41) is 0. The molecule has 0 aliphatic heterocycles. The van der Waals surface area contributed by atoms with Gasteiger partial charge in [-0.2, -0.15) is 69.9 Å². The SMILES string of the molecule is O=S(=O)(O)C(F)C(F)(F)C(F)(F)C(F)(F)C(F)(F)C(F)(F)C(F)(F)C(F)(F)C(F)C(F)F. The van der Waals surface area contributed by atoms with Crippen molar-refractivity contribution < 1.29 is 92.0 Å². The Labute approximate surface area is 163 Å². The molecule has 1 N–H and O–H groups in total. The minimum Gasteiger partial charge on any atom is -0.283 e. The van der Waals surface area contributed by atoms with Crippen molar-refractivity contribution in [2.75, 3.05) is 0 Å². The van der Waals surface area contributed by atoms with E-state index in [1.165, 1.54) is 0 Å². The van der Waals surface area contributed by atoms with Crippen LogP contribution in [0.4, 0.5) is 79.0 Å². The molecule has 0 aromatic rings. The Balaban J connectivity index is 6.87. The molecule has 0 heterocycles. The van der Waals surface area contributed by atoms with Gasteiger partial charge in [-0.25, -0.2) is 17.6 Å². The van der Waals surface area contributed by atoms with Crippen LogP contribution in [0.3, 0.4) is 0 Å². The van der Waals surface area contributed by atoms with Crippen molar-refractivity contribution in [3.63, 3.8) is 0 Å². The zero-order valence-corrected chi connectivity index (χ0v) is 14.5. The minimum absolute atomic E-state index is 5.39. The van der Waals surface area contributed by atoms with Crippen LogP contribution >= 0.6 is 0 Å². The molecule has 22 heteroatoms. The van der Waals surface area contributed by atoms with Crippen molar-refractivity contribution >= 4 is 10.1 Å². The Morgan fingerprint density at radius 3 is 1.00 bits per heavy atom. The normalized spacial score (nSPS) is 18.1. The highest BCUT2D eigenvalue weighted by Gasteiger charge is 2.94. The minimum atomic E-state index is -8.87. The van der Waals surface area contributed by atoms with E-state index in [9.17, 15) is 87.4 Å². The van der Waals surface area contributed by atoms with Crippen LogP contribution in [-0.4, -0.2) is 72.5 Å². The van der Waals surface area contributed by atoms with Gasteiger partial charge in [-0.15, -0.1) is 0 Å². The third-order valence-electron chi connectivity index (χ3n) is 3.53. The second kappa shape index (κ2) is 7.86. The van der Waals surface area contributed by atoms with Gasteiger partial charge in [0.25, 0.3) is 11.9 Å². The summed E-state index contributed by atoms with van der Waals surface area (Å²) in [5.74, 6) is -58.9. The fraction of sp³-hybridized carbons (Fsp3) is 1.00. The summed E-state index contributed by atoms with van der Waals surface area (Å²) in [6.45, 7) is 0. The lowest BCUT2D eigenvalue weighted by Crippen LogP contribution is -2.75. The Kier molecular flexibility index (Phi) is 7.53. The number of alkyl halides is 18. The van der Waals surface area contributed by atoms with Gasteiger partial charge in [0.15, 0.2) is 0 Å². The summed E-state index contributed by atoms with van der Waals surface area (Å²) in [6, 6.07) is 0. The van der Waals surface area contributed by atoms with E-state index in [0.717, 1.165) is 0 Å². The second-order valence-corrected chi connectivity index (χ2v) is 7.13. The number of rotatable bonds is 10. The highest BCUT2D eigenvalue weighted by molar-refractivity contribution is 7.86. The van der Waals surface area contributed by atoms with E-state index in [2.05, 4.69) is 0 Å². The highest BCUT2D eigenvalue weighted by Crippen LogP contribution is 2.63. The fourth-order valence-electron chi connectivity index (χ4n) is 1.67. The molecular weight excluding hydrogens is 542 g/mol. The molecular formula is C10H4F18O3S. The van der Waals surface area contributed by atoms with E-state index in [-0.39, 0.29) is 0 Å². The van der Waals surface area contributed by atoms with Crippen molar-refractivity contribution in [3.8, 4) is 0 Å². The molecule has 0 rings (SSSR count). The lowest BCUT2D eigenvalue weighted by Gasteiger charge is -2.43. The number of halogens is 18. The molecule has 3 nitrogen and oxygen atoms in total.